The Bertz CT molecular complexity index is 2590. The van der Waals surface area contributed by atoms with Crippen LogP contribution in [0.15, 0.2) is 161 Å². The smallest absolute Gasteiger partial charge is 0.249 e. The van der Waals surface area contributed by atoms with Gasteiger partial charge < -0.3 is 37.6 Å². The van der Waals surface area contributed by atoms with Gasteiger partial charge in [-0.05, 0) is 184 Å². The summed E-state index contributed by atoms with van der Waals surface area (Å²) in [7, 11) is 0. The van der Waals surface area contributed by atoms with Gasteiger partial charge in [0.15, 0.2) is 0 Å². The van der Waals surface area contributed by atoms with Crippen molar-refractivity contribution in [2.75, 3.05) is 51.5 Å². The van der Waals surface area contributed by atoms with Crippen molar-refractivity contribution in [3.8, 4) is 0 Å². The molecule has 0 fully saturated rings. The number of allylic oxidation sites excluding steroid dienone is 8. The molecule has 6 aromatic rings. The Labute approximate surface area is 442 Å². The average Bonchev–Trinajstić information content (AvgIpc) is 3.39. The van der Waals surface area contributed by atoms with E-state index in [0.29, 0.717) is 35.6 Å². The van der Waals surface area contributed by atoms with E-state index in [9.17, 15) is 19.2 Å². The van der Waals surface area contributed by atoms with Crippen molar-refractivity contribution in [1.82, 2.24) is 0 Å². The average molecular weight is 1000 g/mol. The highest BCUT2D eigenvalue weighted by atomic mass is 16.2. The Kier molecular flexibility index (Phi) is 25.3. The zero-order chi connectivity index (χ0) is 55.1. The third-order valence-electron chi connectivity index (χ3n) is 12.7. The van der Waals surface area contributed by atoms with Gasteiger partial charge in [-0.15, -0.1) is 0 Å². The molecule has 8 N–H and O–H groups in total. The molecule has 4 heterocycles. The van der Waals surface area contributed by atoms with Gasteiger partial charge in [0.05, 0.1) is 11.4 Å². The maximum atomic E-state index is 10.7. The first-order chi connectivity index (χ1) is 35.3. The van der Waals surface area contributed by atoms with Crippen molar-refractivity contribution in [3.63, 3.8) is 0 Å². The molecule has 4 aliphatic heterocycles. The summed E-state index contributed by atoms with van der Waals surface area (Å²) in [6, 6.07) is 33.9. The molecule has 0 saturated carbocycles. The fourth-order valence-corrected chi connectivity index (χ4v) is 7.88. The normalized spacial score (nSPS) is 13.3. The van der Waals surface area contributed by atoms with Gasteiger partial charge in [-0.25, -0.2) is 0 Å². The van der Waals surface area contributed by atoms with Gasteiger partial charge >= 0.3 is 0 Å². The fraction of sp³-hybridized carbons (Fsp3) is 0.365. The van der Waals surface area contributed by atoms with Gasteiger partial charge in [-0.2, -0.15) is 0 Å². The van der Waals surface area contributed by atoms with Crippen LogP contribution in [0.2, 0.25) is 0 Å². The highest BCUT2D eigenvalue weighted by Crippen LogP contribution is 2.29. The van der Waals surface area contributed by atoms with E-state index in [-0.39, 0.29) is 21.7 Å². The van der Waals surface area contributed by atoms with Crippen molar-refractivity contribution in [1.29, 1.82) is 0 Å². The fourth-order valence-electron chi connectivity index (χ4n) is 7.88. The molecule has 396 valence electrons. The third-order valence-corrected chi connectivity index (χ3v) is 12.7. The van der Waals surface area contributed by atoms with E-state index in [1.807, 2.05) is 20.8 Å². The number of nitrogens with two attached hydrogens (primary N) is 1. The summed E-state index contributed by atoms with van der Waals surface area (Å²) in [4.78, 5) is 42.6. The maximum Gasteiger partial charge on any atom is 0.249 e. The minimum Gasteiger partial charge on any atom is -0.382 e. The molecule has 0 unspecified atom stereocenters. The van der Waals surface area contributed by atoms with Gasteiger partial charge in [0.1, 0.15) is 0 Å². The number of nitrogens with one attached hydrogen (secondary N) is 6. The molecule has 11 nitrogen and oxygen atoms in total. The number of rotatable bonds is 4. The van der Waals surface area contributed by atoms with Crippen LogP contribution in [0.25, 0.3) is 0 Å². The number of fused-ring (bicyclic) bond motifs is 4. The van der Waals surface area contributed by atoms with Crippen LogP contribution in [0.4, 0.5) is 34.1 Å². The topological polar surface area (TPSA) is 166 Å². The van der Waals surface area contributed by atoms with Gasteiger partial charge in [0.2, 0.25) is 21.7 Å². The molecule has 4 aliphatic rings. The number of anilines is 6. The SMILES string of the molecule is CC1=C(C)Nc2ccccc2C1.CC1=C(C)Nc2ccccc2C1.CC1=C(C)Nc2ccccc2C1.CC1=C(C)Nc2ccccc2C1.CCC.CCN.CCNc1c(C)c(=O)c1=O.CCNc1c(C)c(=O)c1=O. The van der Waals surface area contributed by atoms with E-state index >= 15 is 0 Å². The predicted octanol–water partition coefficient (Wildman–Crippen LogP) is 13.2. The molecule has 0 amide bonds. The minimum absolute atomic E-state index is 0.351. The van der Waals surface area contributed by atoms with E-state index in [2.05, 4.69) is 198 Å². The predicted molar refractivity (Wildman–Crippen MR) is 320 cm³/mol. The molecule has 0 spiro atoms. The van der Waals surface area contributed by atoms with Gasteiger partial charge in [-0.3, -0.25) is 19.2 Å². The molecule has 10 rings (SSSR count). The summed E-state index contributed by atoms with van der Waals surface area (Å²) >= 11 is 0. The van der Waals surface area contributed by atoms with E-state index < -0.39 is 0 Å². The number of para-hydroxylation sites is 4. The summed E-state index contributed by atoms with van der Waals surface area (Å²) in [5.74, 6) is 0. The third kappa shape index (κ3) is 17.5. The van der Waals surface area contributed by atoms with Crippen molar-refractivity contribution in [3.05, 3.63) is 216 Å². The van der Waals surface area contributed by atoms with Crippen LogP contribution >= 0.6 is 0 Å². The lowest BCUT2D eigenvalue weighted by Gasteiger charge is -2.20. The number of hydrogen-bond acceptors (Lipinski definition) is 11. The molecule has 0 atom stereocenters. The summed E-state index contributed by atoms with van der Waals surface area (Å²) < 4.78 is 0. The first kappa shape index (κ1) is 61.1. The molecule has 0 saturated heterocycles. The van der Waals surface area contributed by atoms with Crippen molar-refractivity contribution in [2.45, 2.75) is 136 Å². The van der Waals surface area contributed by atoms with Crippen LogP contribution in [0.1, 0.15) is 130 Å². The van der Waals surface area contributed by atoms with Crippen LogP contribution in [-0.4, -0.2) is 19.6 Å². The summed E-state index contributed by atoms with van der Waals surface area (Å²) in [6.07, 6.45) is 5.62. The minimum atomic E-state index is -0.376. The van der Waals surface area contributed by atoms with E-state index in [1.54, 1.807) is 13.8 Å². The number of benzene rings is 4. The van der Waals surface area contributed by atoms with Gasteiger partial charge in [0.25, 0.3) is 0 Å². The van der Waals surface area contributed by atoms with Gasteiger partial charge in [0, 0.05) is 69.8 Å². The van der Waals surface area contributed by atoms with Crippen LogP contribution in [0.5, 0.6) is 0 Å². The second-order valence-corrected chi connectivity index (χ2v) is 18.9. The molecular weight excluding hydrogens is 919 g/mol. The second-order valence-electron chi connectivity index (χ2n) is 18.9. The molecule has 0 aliphatic carbocycles. The first-order valence-electron chi connectivity index (χ1n) is 26.1. The van der Waals surface area contributed by atoms with Crippen molar-refractivity contribution in [2.24, 2.45) is 5.73 Å². The van der Waals surface area contributed by atoms with Crippen LogP contribution < -0.4 is 59.3 Å². The van der Waals surface area contributed by atoms with Crippen LogP contribution in [0.3, 0.4) is 0 Å². The molecule has 0 bridgehead atoms. The van der Waals surface area contributed by atoms with Crippen LogP contribution in [0, 0.1) is 13.8 Å². The van der Waals surface area contributed by atoms with Crippen LogP contribution in [-0.2, 0) is 25.7 Å². The van der Waals surface area contributed by atoms with E-state index in [1.165, 1.54) is 96.5 Å². The lowest BCUT2D eigenvalue weighted by Crippen LogP contribution is -2.36. The largest absolute Gasteiger partial charge is 0.382 e. The highest BCUT2D eigenvalue weighted by Gasteiger charge is 2.16. The first-order valence-corrected chi connectivity index (χ1v) is 26.1. The van der Waals surface area contributed by atoms with Crippen molar-refractivity contribution >= 4 is 34.1 Å². The second kappa shape index (κ2) is 30.7. The van der Waals surface area contributed by atoms with Gasteiger partial charge in [-0.1, -0.05) is 100.0 Å². The zero-order valence-corrected chi connectivity index (χ0v) is 47.1. The number of hydrogen-bond donors (Lipinski definition) is 7. The molecule has 74 heavy (non-hydrogen) atoms. The summed E-state index contributed by atoms with van der Waals surface area (Å²) in [5.41, 5.74) is 27.1. The Morgan fingerprint density at radius 2 is 0.581 bits per heavy atom. The summed E-state index contributed by atoms with van der Waals surface area (Å²) in [5, 5.41) is 19.2. The molecule has 0 radical (unpaired) electrons. The van der Waals surface area contributed by atoms with E-state index in [0.717, 1.165) is 32.2 Å². The quantitative estimate of drug-likeness (QED) is 0.0840. The molecular formula is C63H85N7O4. The van der Waals surface area contributed by atoms with E-state index in [4.69, 9.17) is 5.73 Å². The Morgan fingerprint density at radius 3 is 0.770 bits per heavy atom. The Hall–Kier alpha value is -7.24. The Balaban J connectivity index is 0.000000229. The van der Waals surface area contributed by atoms with Crippen molar-refractivity contribution < 1.29 is 0 Å². The standard InChI is InChI=1S/4C11H13N.2C7H9NO2.C3H8.C2H7N/c4*1-8-7-10-5-3-4-6-11(10)12-9(8)2;2*1-3-8-5-4(2)6(9)7(5)10;1-3-2;1-2-3/h4*3-6,12H,7H2,1-2H3;2*8H,3H2,1-2H3;3H2,1-2H3;2-3H2,1H3. The maximum absolute atomic E-state index is 10.7. The lowest BCUT2D eigenvalue weighted by atomic mass is 9.99. The molecule has 0 aromatic heterocycles. The summed E-state index contributed by atoms with van der Waals surface area (Å²) in [6.45, 7) is 32.6. The molecule has 11 heteroatoms. The highest BCUT2D eigenvalue weighted by molar-refractivity contribution is 5.62. The lowest BCUT2D eigenvalue weighted by molar-refractivity contribution is 1.05. The monoisotopic (exact) mass is 1000 g/mol. The Morgan fingerprint density at radius 1 is 0.378 bits per heavy atom. The zero-order valence-electron chi connectivity index (χ0n) is 47.1. The molecule has 6 aromatic carbocycles.